The van der Waals surface area contributed by atoms with Crippen molar-refractivity contribution in [3.05, 3.63) is 65.7 Å². The van der Waals surface area contributed by atoms with Crippen molar-refractivity contribution in [2.75, 3.05) is 5.32 Å². The van der Waals surface area contributed by atoms with Gasteiger partial charge in [-0.05, 0) is 36.0 Å². The Labute approximate surface area is 182 Å². The molecule has 1 amide bonds. The summed E-state index contributed by atoms with van der Waals surface area (Å²) >= 11 is 23.0. The fraction of sp³-hybridized carbons (Fsp3) is 0.167. The largest absolute Gasteiger partial charge is 0.478 e. The maximum atomic E-state index is 12.3. The summed E-state index contributed by atoms with van der Waals surface area (Å²) < 4.78 is -1.89. The van der Waals surface area contributed by atoms with Gasteiger partial charge in [0.2, 0.25) is 9.70 Å². The minimum absolute atomic E-state index is 0.0406. The molecule has 2 aromatic rings. The predicted molar refractivity (Wildman–Crippen MR) is 115 cm³/mol. The van der Waals surface area contributed by atoms with E-state index in [2.05, 4.69) is 16.0 Å². The van der Waals surface area contributed by atoms with E-state index in [0.29, 0.717) is 5.69 Å². The van der Waals surface area contributed by atoms with E-state index in [-0.39, 0.29) is 23.0 Å². The van der Waals surface area contributed by atoms with Gasteiger partial charge >= 0.3 is 5.97 Å². The Hall–Kier alpha value is -2.06. The number of hydrogen-bond donors (Lipinski definition) is 4. The molecular formula is C18H16Cl3N3O3S. The van der Waals surface area contributed by atoms with Gasteiger partial charge in [-0.1, -0.05) is 71.2 Å². The van der Waals surface area contributed by atoms with Crippen molar-refractivity contribution >= 4 is 69.7 Å². The SMILES string of the molecule is O=C(Cc1ccccc1)N[C@@H](NC(=S)Nc1cccc(C(=O)O)c1)C(Cl)(Cl)Cl. The van der Waals surface area contributed by atoms with Crippen LogP contribution in [0.5, 0.6) is 0 Å². The van der Waals surface area contributed by atoms with Gasteiger partial charge in [-0.15, -0.1) is 0 Å². The van der Waals surface area contributed by atoms with Crippen LogP contribution in [-0.2, 0) is 11.2 Å². The molecule has 148 valence electrons. The fourth-order valence-electron chi connectivity index (χ4n) is 2.22. The number of amides is 1. The highest BCUT2D eigenvalue weighted by Crippen LogP contribution is 2.29. The van der Waals surface area contributed by atoms with Crippen molar-refractivity contribution in [1.82, 2.24) is 10.6 Å². The smallest absolute Gasteiger partial charge is 0.335 e. The minimum Gasteiger partial charge on any atom is -0.478 e. The number of halogens is 3. The average Bonchev–Trinajstić information content (AvgIpc) is 2.61. The van der Waals surface area contributed by atoms with Crippen LogP contribution in [-0.4, -0.2) is 32.1 Å². The van der Waals surface area contributed by atoms with Crippen molar-refractivity contribution in [2.45, 2.75) is 16.4 Å². The summed E-state index contributed by atoms with van der Waals surface area (Å²) in [5.74, 6) is -1.44. The molecule has 0 saturated heterocycles. The van der Waals surface area contributed by atoms with Crippen LogP contribution in [0.2, 0.25) is 0 Å². The lowest BCUT2D eigenvalue weighted by Gasteiger charge is -2.27. The number of benzene rings is 2. The summed E-state index contributed by atoms with van der Waals surface area (Å²) in [7, 11) is 0. The third-order valence-corrected chi connectivity index (χ3v) is 4.36. The van der Waals surface area contributed by atoms with Crippen LogP contribution in [0.15, 0.2) is 54.6 Å². The number of thiocarbonyl (C=S) groups is 1. The van der Waals surface area contributed by atoms with Crippen LogP contribution < -0.4 is 16.0 Å². The molecule has 0 unspecified atom stereocenters. The number of rotatable bonds is 6. The van der Waals surface area contributed by atoms with E-state index in [0.717, 1.165) is 5.56 Å². The van der Waals surface area contributed by atoms with Crippen molar-refractivity contribution in [2.24, 2.45) is 0 Å². The Bertz CT molecular complexity index is 860. The van der Waals surface area contributed by atoms with Gasteiger partial charge in [0.15, 0.2) is 5.11 Å². The molecular weight excluding hydrogens is 445 g/mol. The van der Waals surface area contributed by atoms with Crippen molar-refractivity contribution in [3.8, 4) is 0 Å². The van der Waals surface area contributed by atoms with Crippen LogP contribution in [0.25, 0.3) is 0 Å². The lowest BCUT2D eigenvalue weighted by molar-refractivity contribution is -0.121. The van der Waals surface area contributed by atoms with Crippen molar-refractivity contribution in [1.29, 1.82) is 0 Å². The fourth-order valence-corrected chi connectivity index (χ4v) is 2.78. The molecule has 10 heteroatoms. The molecule has 4 N–H and O–H groups in total. The van der Waals surface area contributed by atoms with E-state index in [4.69, 9.17) is 52.1 Å². The molecule has 0 saturated carbocycles. The molecule has 0 aromatic heterocycles. The van der Waals surface area contributed by atoms with Gasteiger partial charge < -0.3 is 21.1 Å². The first-order valence-corrected chi connectivity index (χ1v) is 9.50. The highest BCUT2D eigenvalue weighted by molar-refractivity contribution is 7.80. The van der Waals surface area contributed by atoms with E-state index in [1.54, 1.807) is 24.3 Å². The summed E-state index contributed by atoms with van der Waals surface area (Å²) in [6.45, 7) is 0. The van der Waals surface area contributed by atoms with Gasteiger partial charge in [-0.25, -0.2) is 4.79 Å². The Morgan fingerprint density at radius 2 is 1.71 bits per heavy atom. The molecule has 2 rings (SSSR count). The first-order valence-electron chi connectivity index (χ1n) is 7.96. The normalized spacial score (nSPS) is 12.0. The van der Waals surface area contributed by atoms with Gasteiger partial charge in [0.05, 0.1) is 12.0 Å². The van der Waals surface area contributed by atoms with Crippen molar-refractivity contribution in [3.63, 3.8) is 0 Å². The molecule has 0 aliphatic carbocycles. The van der Waals surface area contributed by atoms with Crippen LogP contribution in [0.1, 0.15) is 15.9 Å². The Kier molecular flexibility index (Phi) is 7.88. The Balaban J connectivity index is 2.01. The second-order valence-corrected chi connectivity index (χ2v) is 8.47. The molecule has 0 fully saturated rings. The van der Waals surface area contributed by atoms with Gasteiger partial charge in [-0.2, -0.15) is 0 Å². The number of aromatic carboxylic acids is 1. The zero-order valence-electron chi connectivity index (χ0n) is 14.3. The van der Waals surface area contributed by atoms with Gasteiger partial charge in [0.1, 0.15) is 6.17 Å². The van der Waals surface area contributed by atoms with E-state index in [1.165, 1.54) is 12.1 Å². The molecule has 0 bridgehead atoms. The quantitative estimate of drug-likeness (QED) is 0.298. The second kappa shape index (κ2) is 9.93. The van der Waals surface area contributed by atoms with Crippen LogP contribution in [0.4, 0.5) is 5.69 Å². The standard InChI is InChI=1S/C18H16Cl3N3O3S/c19-18(20,21)16(23-14(25)9-11-5-2-1-3-6-11)24-17(28)22-13-8-4-7-12(10-13)15(26)27/h1-8,10,16H,9H2,(H,23,25)(H,26,27)(H2,22,24,28)/t16-/m0/s1. The number of anilines is 1. The number of carboxylic acids is 1. The number of carboxylic acid groups (broad SMARTS) is 1. The maximum absolute atomic E-state index is 12.3. The molecule has 1 atom stereocenters. The first-order chi connectivity index (χ1) is 13.1. The molecule has 6 nitrogen and oxygen atoms in total. The third kappa shape index (κ3) is 7.16. The molecule has 28 heavy (non-hydrogen) atoms. The lowest BCUT2D eigenvalue weighted by Crippen LogP contribution is -2.56. The molecule has 0 radical (unpaired) electrons. The van der Waals surface area contributed by atoms with Gasteiger partial charge in [0.25, 0.3) is 0 Å². The number of hydrogen-bond acceptors (Lipinski definition) is 3. The summed E-state index contributed by atoms with van der Waals surface area (Å²) in [4.78, 5) is 23.3. The summed E-state index contributed by atoms with van der Waals surface area (Å²) in [5, 5.41) is 17.2. The Morgan fingerprint density at radius 1 is 1.04 bits per heavy atom. The van der Waals surface area contributed by atoms with Gasteiger partial charge in [0, 0.05) is 5.69 Å². The van der Waals surface area contributed by atoms with Crippen molar-refractivity contribution < 1.29 is 14.7 Å². The Morgan fingerprint density at radius 3 is 2.32 bits per heavy atom. The molecule has 2 aromatic carbocycles. The second-order valence-electron chi connectivity index (χ2n) is 5.69. The lowest BCUT2D eigenvalue weighted by atomic mass is 10.1. The maximum Gasteiger partial charge on any atom is 0.335 e. The van der Waals surface area contributed by atoms with Crippen LogP contribution in [0, 0.1) is 0 Å². The van der Waals surface area contributed by atoms with E-state index in [1.807, 2.05) is 18.2 Å². The molecule has 0 aliphatic heterocycles. The number of nitrogens with one attached hydrogen (secondary N) is 3. The van der Waals surface area contributed by atoms with Crippen LogP contribution in [0.3, 0.4) is 0 Å². The van der Waals surface area contributed by atoms with E-state index < -0.39 is 15.9 Å². The number of carbonyl (C=O) groups excluding carboxylic acids is 1. The highest BCUT2D eigenvalue weighted by atomic mass is 35.6. The third-order valence-electron chi connectivity index (χ3n) is 3.48. The molecule has 0 spiro atoms. The predicted octanol–water partition coefficient (Wildman–Crippen LogP) is 3.73. The van der Waals surface area contributed by atoms with Gasteiger partial charge in [-0.3, -0.25) is 4.79 Å². The topological polar surface area (TPSA) is 90.5 Å². The number of carbonyl (C=O) groups is 2. The highest BCUT2D eigenvalue weighted by Gasteiger charge is 2.34. The summed E-state index contributed by atoms with van der Waals surface area (Å²) in [6, 6.07) is 15.1. The van der Waals surface area contributed by atoms with E-state index in [9.17, 15) is 9.59 Å². The summed E-state index contributed by atoms with van der Waals surface area (Å²) in [5.41, 5.74) is 1.31. The zero-order chi connectivity index (χ0) is 20.7. The monoisotopic (exact) mass is 459 g/mol. The number of alkyl halides is 3. The average molecular weight is 461 g/mol. The van der Waals surface area contributed by atoms with Crippen LogP contribution >= 0.6 is 47.0 Å². The van der Waals surface area contributed by atoms with E-state index >= 15 is 0 Å². The zero-order valence-corrected chi connectivity index (χ0v) is 17.4. The molecule has 0 aliphatic rings. The first kappa shape index (κ1) is 22.2. The molecule has 0 heterocycles. The minimum atomic E-state index is -1.89. The summed E-state index contributed by atoms with van der Waals surface area (Å²) in [6.07, 6.45) is -1.02.